The third-order valence-corrected chi connectivity index (χ3v) is 2.54. The molecule has 0 fully saturated rings. The number of hydrogen-bond acceptors (Lipinski definition) is 2. The van der Waals surface area contributed by atoms with E-state index in [1.165, 1.54) is 0 Å². The number of halogens is 1. The lowest BCUT2D eigenvalue weighted by atomic mass is 10.1. The monoisotopic (exact) mass is 229 g/mol. The number of methoxy groups -OCH3 is 1. The second-order valence-corrected chi connectivity index (χ2v) is 3.46. The van der Waals surface area contributed by atoms with Crippen LogP contribution in [0.4, 0.5) is 0 Å². The molecule has 0 bridgehead atoms. The molecule has 2 N–H and O–H groups in total. The molecule has 0 aliphatic carbocycles. The molecule has 0 aliphatic heterocycles. The minimum Gasteiger partial charge on any atom is -0.497 e. The number of ether oxygens (including phenoxy) is 1. The van der Waals surface area contributed by atoms with Gasteiger partial charge in [-0.2, -0.15) is 0 Å². The fourth-order valence-corrected chi connectivity index (χ4v) is 1.82. The van der Waals surface area contributed by atoms with Gasteiger partial charge in [-0.25, -0.2) is 0 Å². The molecule has 0 unspecified atom stereocenters. The fraction of sp³-hybridized carbons (Fsp3) is 0.333. The van der Waals surface area contributed by atoms with E-state index in [9.17, 15) is 0 Å². The van der Waals surface area contributed by atoms with Crippen molar-refractivity contribution in [2.45, 2.75) is 13.5 Å². The molecule has 1 aromatic carbocycles. The summed E-state index contributed by atoms with van der Waals surface area (Å²) in [4.78, 5) is 0. The lowest BCUT2D eigenvalue weighted by molar-refractivity contribution is 0.414. The molecule has 0 atom stereocenters. The summed E-state index contributed by atoms with van der Waals surface area (Å²) in [6.07, 6.45) is 0. The molecule has 2 nitrogen and oxygen atoms in total. The summed E-state index contributed by atoms with van der Waals surface area (Å²) in [6.45, 7) is 2.58. The van der Waals surface area contributed by atoms with Crippen molar-refractivity contribution in [2.24, 2.45) is 5.73 Å². The first-order valence-corrected chi connectivity index (χ1v) is 4.51. The zero-order chi connectivity index (χ0) is 9.14. The van der Waals surface area contributed by atoms with E-state index in [0.29, 0.717) is 6.54 Å². The molecule has 0 saturated heterocycles. The van der Waals surface area contributed by atoms with Gasteiger partial charge in [0.25, 0.3) is 0 Å². The Morgan fingerprint density at radius 3 is 2.58 bits per heavy atom. The summed E-state index contributed by atoms with van der Waals surface area (Å²) in [6, 6.07) is 3.90. The molecule has 0 saturated carbocycles. The Hall–Kier alpha value is -0.540. The van der Waals surface area contributed by atoms with Gasteiger partial charge in [0.2, 0.25) is 0 Å². The Kier molecular flexibility index (Phi) is 3.12. The maximum atomic E-state index is 5.57. The molecule has 0 aromatic heterocycles. The Bertz CT molecular complexity index is 263. The van der Waals surface area contributed by atoms with Gasteiger partial charge in [-0.15, -0.1) is 0 Å². The molecule has 0 heterocycles. The maximum Gasteiger partial charge on any atom is 0.120 e. The number of nitrogens with two attached hydrogens (primary N) is 1. The van der Waals surface area contributed by atoms with Crippen LogP contribution >= 0.6 is 15.9 Å². The molecule has 1 rings (SSSR count). The zero-order valence-electron chi connectivity index (χ0n) is 7.23. The molecule has 12 heavy (non-hydrogen) atoms. The molecule has 0 amide bonds. The average Bonchev–Trinajstić information content (AvgIpc) is 2.03. The quantitative estimate of drug-likeness (QED) is 0.845. The van der Waals surface area contributed by atoms with Crippen LogP contribution in [0, 0.1) is 6.92 Å². The van der Waals surface area contributed by atoms with Gasteiger partial charge in [0.05, 0.1) is 7.11 Å². The predicted octanol–water partition coefficient (Wildman–Crippen LogP) is 2.22. The van der Waals surface area contributed by atoms with Crippen LogP contribution in [-0.2, 0) is 6.54 Å². The van der Waals surface area contributed by atoms with E-state index in [1.54, 1.807) is 7.11 Å². The van der Waals surface area contributed by atoms with Crippen LogP contribution in [-0.4, -0.2) is 7.11 Å². The van der Waals surface area contributed by atoms with Gasteiger partial charge in [-0.3, -0.25) is 0 Å². The van der Waals surface area contributed by atoms with Gasteiger partial charge in [0, 0.05) is 11.0 Å². The average molecular weight is 230 g/mol. The van der Waals surface area contributed by atoms with Crippen molar-refractivity contribution in [1.82, 2.24) is 0 Å². The molecule has 0 aliphatic rings. The van der Waals surface area contributed by atoms with Crippen molar-refractivity contribution in [3.05, 3.63) is 27.7 Å². The zero-order valence-corrected chi connectivity index (χ0v) is 8.81. The summed E-state index contributed by atoms with van der Waals surface area (Å²) in [5, 5.41) is 0. The number of benzene rings is 1. The van der Waals surface area contributed by atoms with Crippen LogP contribution in [0.15, 0.2) is 16.6 Å². The second kappa shape index (κ2) is 3.92. The molecular formula is C9H12BrNO. The fourth-order valence-electron chi connectivity index (χ4n) is 1.12. The third-order valence-electron chi connectivity index (χ3n) is 1.83. The van der Waals surface area contributed by atoms with Crippen LogP contribution in [0.25, 0.3) is 0 Å². The Balaban J connectivity index is 3.18. The summed E-state index contributed by atoms with van der Waals surface area (Å²) in [5.41, 5.74) is 7.86. The smallest absolute Gasteiger partial charge is 0.120 e. The van der Waals surface area contributed by atoms with Gasteiger partial charge in [-0.1, -0.05) is 15.9 Å². The van der Waals surface area contributed by atoms with E-state index in [4.69, 9.17) is 10.5 Å². The summed E-state index contributed by atoms with van der Waals surface area (Å²) in [5.74, 6) is 0.858. The second-order valence-electron chi connectivity index (χ2n) is 2.61. The summed E-state index contributed by atoms with van der Waals surface area (Å²) in [7, 11) is 1.66. The van der Waals surface area contributed by atoms with Crippen molar-refractivity contribution in [3.8, 4) is 5.75 Å². The summed E-state index contributed by atoms with van der Waals surface area (Å²) >= 11 is 3.44. The number of rotatable bonds is 2. The SMILES string of the molecule is COc1cc(C)c(CN)c(Br)c1. The van der Waals surface area contributed by atoms with Crippen molar-refractivity contribution in [2.75, 3.05) is 7.11 Å². The van der Waals surface area contributed by atoms with Crippen LogP contribution in [0.1, 0.15) is 11.1 Å². The highest BCUT2D eigenvalue weighted by atomic mass is 79.9. The third kappa shape index (κ3) is 1.79. The molecule has 3 heteroatoms. The van der Waals surface area contributed by atoms with E-state index < -0.39 is 0 Å². The number of aryl methyl sites for hydroxylation is 1. The Morgan fingerprint density at radius 1 is 1.50 bits per heavy atom. The first-order valence-electron chi connectivity index (χ1n) is 3.72. The minimum atomic E-state index is 0.552. The largest absolute Gasteiger partial charge is 0.497 e. The van der Waals surface area contributed by atoms with Gasteiger partial charge in [0.15, 0.2) is 0 Å². The lowest BCUT2D eigenvalue weighted by Gasteiger charge is -2.08. The van der Waals surface area contributed by atoms with E-state index in [2.05, 4.69) is 15.9 Å². The van der Waals surface area contributed by atoms with Crippen LogP contribution < -0.4 is 10.5 Å². The topological polar surface area (TPSA) is 35.2 Å². The van der Waals surface area contributed by atoms with Gasteiger partial charge < -0.3 is 10.5 Å². The number of hydrogen-bond donors (Lipinski definition) is 1. The van der Waals surface area contributed by atoms with E-state index >= 15 is 0 Å². The van der Waals surface area contributed by atoms with Crippen LogP contribution in [0.2, 0.25) is 0 Å². The molecule has 1 aromatic rings. The van der Waals surface area contributed by atoms with E-state index in [0.717, 1.165) is 21.3 Å². The highest BCUT2D eigenvalue weighted by Crippen LogP contribution is 2.25. The molecule has 66 valence electrons. The first kappa shape index (κ1) is 9.55. The van der Waals surface area contributed by atoms with Crippen molar-refractivity contribution >= 4 is 15.9 Å². The summed E-state index contributed by atoms with van der Waals surface area (Å²) < 4.78 is 6.12. The predicted molar refractivity (Wildman–Crippen MR) is 53.3 cm³/mol. The first-order chi connectivity index (χ1) is 5.69. The molecule has 0 spiro atoms. The minimum absolute atomic E-state index is 0.552. The Morgan fingerprint density at radius 2 is 2.17 bits per heavy atom. The normalized spacial score (nSPS) is 10.0. The highest BCUT2D eigenvalue weighted by Gasteiger charge is 2.03. The Labute approximate surface area is 80.8 Å². The van der Waals surface area contributed by atoms with Gasteiger partial charge in [0.1, 0.15) is 5.75 Å². The maximum absolute atomic E-state index is 5.57. The lowest BCUT2D eigenvalue weighted by Crippen LogP contribution is -2.00. The van der Waals surface area contributed by atoms with Crippen molar-refractivity contribution in [1.29, 1.82) is 0 Å². The molecular weight excluding hydrogens is 218 g/mol. The standard InChI is InChI=1S/C9H12BrNO/c1-6-3-7(12-2)4-9(10)8(6)5-11/h3-4H,5,11H2,1-2H3. The van der Waals surface area contributed by atoms with Gasteiger partial charge in [-0.05, 0) is 30.2 Å². The van der Waals surface area contributed by atoms with E-state index in [1.807, 2.05) is 19.1 Å². The molecule has 0 radical (unpaired) electrons. The van der Waals surface area contributed by atoms with Crippen molar-refractivity contribution in [3.63, 3.8) is 0 Å². The van der Waals surface area contributed by atoms with Crippen LogP contribution in [0.5, 0.6) is 5.75 Å². The van der Waals surface area contributed by atoms with Crippen LogP contribution in [0.3, 0.4) is 0 Å². The van der Waals surface area contributed by atoms with Gasteiger partial charge >= 0.3 is 0 Å². The van der Waals surface area contributed by atoms with Crippen molar-refractivity contribution < 1.29 is 4.74 Å². The van der Waals surface area contributed by atoms with E-state index in [-0.39, 0.29) is 0 Å². The highest BCUT2D eigenvalue weighted by molar-refractivity contribution is 9.10.